The lowest BCUT2D eigenvalue weighted by atomic mass is 9.93. The summed E-state index contributed by atoms with van der Waals surface area (Å²) < 4.78 is 14.0. The van der Waals surface area contributed by atoms with Gasteiger partial charge in [-0.05, 0) is 33.0 Å². The van der Waals surface area contributed by atoms with Gasteiger partial charge in [-0.25, -0.2) is 4.39 Å². The third-order valence-electron chi connectivity index (χ3n) is 4.61. The summed E-state index contributed by atoms with van der Waals surface area (Å²) in [6.07, 6.45) is 0. The Labute approximate surface area is 128 Å². The van der Waals surface area contributed by atoms with Gasteiger partial charge in [-0.2, -0.15) is 0 Å². The number of rotatable bonds is 5. The number of nitrogens with zero attached hydrogens (tertiary/aromatic N) is 2. The molecule has 2 rings (SSSR count). The van der Waals surface area contributed by atoms with Crippen molar-refractivity contribution < 1.29 is 4.39 Å². The van der Waals surface area contributed by atoms with E-state index in [-0.39, 0.29) is 11.9 Å². The standard InChI is InChI=1S/C17H28FN3/c1-13(11-21-10-9-20(4)12-14(21)2)17(19-3)15-7-5-6-8-16(15)18/h5-8,13-14,17,19H,9-12H2,1-4H3. The van der Waals surface area contributed by atoms with Gasteiger partial charge in [-0.15, -0.1) is 0 Å². The van der Waals surface area contributed by atoms with Gasteiger partial charge in [0.25, 0.3) is 0 Å². The first-order valence-electron chi connectivity index (χ1n) is 7.87. The van der Waals surface area contributed by atoms with Crippen molar-refractivity contribution in [2.75, 3.05) is 40.3 Å². The van der Waals surface area contributed by atoms with Gasteiger partial charge in [-0.3, -0.25) is 4.90 Å². The average Bonchev–Trinajstić information content (AvgIpc) is 2.45. The molecule has 1 aromatic rings. The summed E-state index contributed by atoms with van der Waals surface area (Å²) >= 11 is 0. The average molecular weight is 293 g/mol. The Morgan fingerprint density at radius 2 is 2.05 bits per heavy atom. The first-order valence-corrected chi connectivity index (χ1v) is 7.87. The van der Waals surface area contributed by atoms with Crippen LogP contribution in [0, 0.1) is 11.7 Å². The van der Waals surface area contributed by atoms with Crippen LogP contribution in [0.2, 0.25) is 0 Å². The molecule has 0 aromatic heterocycles. The summed E-state index contributed by atoms with van der Waals surface area (Å²) in [6, 6.07) is 7.71. The summed E-state index contributed by atoms with van der Waals surface area (Å²) in [5.41, 5.74) is 0.772. The third-order valence-corrected chi connectivity index (χ3v) is 4.61. The minimum absolute atomic E-state index is 0.0538. The summed E-state index contributed by atoms with van der Waals surface area (Å²) in [6.45, 7) is 8.79. The van der Waals surface area contributed by atoms with E-state index in [9.17, 15) is 4.39 Å². The molecule has 1 aromatic carbocycles. The van der Waals surface area contributed by atoms with Crippen LogP contribution in [-0.2, 0) is 0 Å². The molecule has 0 spiro atoms. The van der Waals surface area contributed by atoms with Gasteiger partial charge >= 0.3 is 0 Å². The van der Waals surface area contributed by atoms with E-state index in [0.29, 0.717) is 12.0 Å². The van der Waals surface area contributed by atoms with E-state index in [0.717, 1.165) is 31.7 Å². The largest absolute Gasteiger partial charge is 0.313 e. The highest BCUT2D eigenvalue weighted by Gasteiger charge is 2.27. The summed E-state index contributed by atoms with van der Waals surface area (Å²) in [5.74, 6) is 0.243. The van der Waals surface area contributed by atoms with Crippen LogP contribution in [-0.4, -0.2) is 56.1 Å². The van der Waals surface area contributed by atoms with Gasteiger partial charge < -0.3 is 10.2 Å². The van der Waals surface area contributed by atoms with Crippen molar-refractivity contribution >= 4 is 0 Å². The molecular formula is C17H28FN3. The number of hydrogen-bond acceptors (Lipinski definition) is 3. The Morgan fingerprint density at radius 1 is 1.33 bits per heavy atom. The molecule has 0 radical (unpaired) electrons. The summed E-state index contributed by atoms with van der Waals surface area (Å²) in [4.78, 5) is 4.90. The van der Waals surface area contributed by atoms with E-state index in [1.807, 2.05) is 19.2 Å². The lowest BCUT2D eigenvalue weighted by Crippen LogP contribution is -2.52. The van der Waals surface area contributed by atoms with Crippen molar-refractivity contribution in [1.82, 2.24) is 15.1 Å². The molecule has 0 amide bonds. The number of nitrogens with one attached hydrogen (secondary N) is 1. The maximum atomic E-state index is 14.0. The molecule has 3 unspecified atom stereocenters. The van der Waals surface area contributed by atoms with Crippen molar-refractivity contribution in [1.29, 1.82) is 0 Å². The second-order valence-corrected chi connectivity index (χ2v) is 6.37. The van der Waals surface area contributed by atoms with E-state index in [4.69, 9.17) is 0 Å². The fourth-order valence-electron chi connectivity index (χ4n) is 3.40. The maximum absolute atomic E-state index is 14.0. The number of halogens is 1. The van der Waals surface area contributed by atoms with Crippen LogP contribution < -0.4 is 5.32 Å². The van der Waals surface area contributed by atoms with Gasteiger partial charge in [0.05, 0.1) is 0 Å². The van der Waals surface area contributed by atoms with Crippen LogP contribution >= 0.6 is 0 Å². The van der Waals surface area contributed by atoms with Crippen LogP contribution in [0.4, 0.5) is 4.39 Å². The fourth-order valence-corrected chi connectivity index (χ4v) is 3.40. The lowest BCUT2D eigenvalue weighted by molar-refractivity contribution is 0.0810. The molecule has 118 valence electrons. The highest BCUT2D eigenvalue weighted by Crippen LogP contribution is 2.25. The second kappa shape index (κ2) is 7.34. The van der Waals surface area contributed by atoms with Crippen LogP contribution in [0.15, 0.2) is 24.3 Å². The quantitative estimate of drug-likeness (QED) is 0.899. The highest BCUT2D eigenvalue weighted by molar-refractivity contribution is 5.21. The van der Waals surface area contributed by atoms with Crippen LogP contribution in [0.5, 0.6) is 0 Å². The monoisotopic (exact) mass is 293 g/mol. The number of hydrogen-bond donors (Lipinski definition) is 1. The predicted molar refractivity (Wildman–Crippen MR) is 85.9 cm³/mol. The molecule has 21 heavy (non-hydrogen) atoms. The molecule has 1 fully saturated rings. The molecule has 3 atom stereocenters. The zero-order chi connectivity index (χ0) is 15.4. The first kappa shape index (κ1) is 16.4. The van der Waals surface area contributed by atoms with Crippen molar-refractivity contribution in [3.05, 3.63) is 35.6 Å². The molecule has 0 saturated carbocycles. The van der Waals surface area contributed by atoms with E-state index in [1.165, 1.54) is 0 Å². The fraction of sp³-hybridized carbons (Fsp3) is 0.647. The Kier molecular flexibility index (Phi) is 5.73. The summed E-state index contributed by atoms with van der Waals surface area (Å²) in [7, 11) is 4.09. The minimum Gasteiger partial charge on any atom is -0.313 e. The second-order valence-electron chi connectivity index (χ2n) is 6.37. The number of likely N-dealkylation sites (N-methyl/N-ethyl adjacent to an activating group) is 1. The van der Waals surface area contributed by atoms with Crippen LogP contribution in [0.3, 0.4) is 0 Å². The molecule has 0 aliphatic carbocycles. The lowest BCUT2D eigenvalue weighted by Gasteiger charge is -2.40. The SMILES string of the molecule is CNC(c1ccccc1F)C(C)CN1CCN(C)CC1C. The molecule has 1 saturated heterocycles. The Bertz CT molecular complexity index is 451. The third kappa shape index (κ3) is 4.02. The Hall–Kier alpha value is -0.970. The Morgan fingerprint density at radius 3 is 2.67 bits per heavy atom. The van der Waals surface area contributed by atoms with E-state index in [2.05, 4.69) is 36.0 Å². The number of benzene rings is 1. The minimum atomic E-state index is -0.116. The van der Waals surface area contributed by atoms with Crippen LogP contribution in [0.1, 0.15) is 25.5 Å². The van der Waals surface area contributed by atoms with Crippen LogP contribution in [0.25, 0.3) is 0 Å². The molecule has 3 nitrogen and oxygen atoms in total. The van der Waals surface area contributed by atoms with Gasteiger partial charge in [0.15, 0.2) is 0 Å². The van der Waals surface area contributed by atoms with Gasteiger partial charge in [0.2, 0.25) is 0 Å². The highest BCUT2D eigenvalue weighted by atomic mass is 19.1. The van der Waals surface area contributed by atoms with Crippen molar-refractivity contribution in [3.8, 4) is 0 Å². The first-order chi connectivity index (χ1) is 10.0. The Balaban J connectivity index is 2.04. The smallest absolute Gasteiger partial charge is 0.127 e. The molecular weight excluding hydrogens is 265 g/mol. The predicted octanol–water partition coefficient (Wildman–Crippen LogP) is 2.36. The molecule has 1 N–H and O–H groups in total. The molecule has 1 aliphatic heterocycles. The van der Waals surface area contributed by atoms with E-state index >= 15 is 0 Å². The maximum Gasteiger partial charge on any atom is 0.127 e. The summed E-state index contributed by atoms with van der Waals surface area (Å²) in [5, 5.41) is 3.30. The van der Waals surface area contributed by atoms with Gasteiger partial charge in [-0.1, -0.05) is 25.1 Å². The molecule has 1 heterocycles. The van der Waals surface area contributed by atoms with Crippen molar-refractivity contribution in [2.45, 2.75) is 25.9 Å². The molecule has 4 heteroatoms. The zero-order valence-electron chi connectivity index (χ0n) is 13.6. The van der Waals surface area contributed by atoms with E-state index < -0.39 is 0 Å². The van der Waals surface area contributed by atoms with E-state index in [1.54, 1.807) is 12.1 Å². The van der Waals surface area contributed by atoms with Gasteiger partial charge in [0.1, 0.15) is 5.82 Å². The van der Waals surface area contributed by atoms with Crippen molar-refractivity contribution in [2.24, 2.45) is 5.92 Å². The van der Waals surface area contributed by atoms with Crippen molar-refractivity contribution in [3.63, 3.8) is 0 Å². The van der Waals surface area contributed by atoms with Gasteiger partial charge in [0, 0.05) is 43.8 Å². The topological polar surface area (TPSA) is 18.5 Å². The normalized spacial score (nSPS) is 24.0. The zero-order valence-corrected chi connectivity index (χ0v) is 13.6. The molecule has 1 aliphatic rings. The molecule has 0 bridgehead atoms. The number of piperazine rings is 1.